The monoisotopic (exact) mass is 139 g/mol. The molecule has 0 bridgehead atoms. The van der Waals surface area contributed by atoms with Gasteiger partial charge in [0, 0.05) is 19.8 Å². The first-order chi connectivity index (χ1) is 4.54. The highest BCUT2D eigenvalue weighted by Gasteiger charge is 1.89. The second-order valence-corrected chi connectivity index (χ2v) is 2.99. The Hall–Kier alpha value is -0.720. The van der Waals surface area contributed by atoms with Crippen LogP contribution in [0.15, 0.2) is 24.4 Å². The quantitative estimate of drug-likeness (QED) is 0.542. The predicted octanol–water partition coefficient (Wildman–Crippen LogP) is 2.27. The summed E-state index contributed by atoms with van der Waals surface area (Å²) in [6, 6.07) is 0. The summed E-state index contributed by atoms with van der Waals surface area (Å²) in [5.41, 5.74) is 1.05. The highest BCUT2D eigenvalue weighted by Crippen LogP contribution is 2.00. The molecule has 0 amide bonds. The normalized spacial score (nSPS) is 10.9. The lowest BCUT2D eigenvalue weighted by atomic mass is 10.2. The third-order valence-electron chi connectivity index (χ3n) is 1.25. The van der Waals surface area contributed by atoms with E-state index in [0.717, 1.165) is 5.70 Å². The van der Waals surface area contributed by atoms with E-state index in [1.165, 1.54) is 0 Å². The Morgan fingerprint density at radius 3 is 2.20 bits per heavy atom. The molecule has 0 radical (unpaired) electrons. The third kappa shape index (κ3) is 4.19. The molecular weight excluding hydrogens is 122 g/mol. The Labute approximate surface area is 64.0 Å². The molecule has 0 fully saturated rings. The Morgan fingerprint density at radius 2 is 1.90 bits per heavy atom. The van der Waals surface area contributed by atoms with Gasteiger partial charge in [-0.2, -0.15) is 0 Å². The van der Waals surface area contributed by atoms with Crippen LogP contribution in [0.25, 0.3) is 0 Å². The van der Waals surface area contributed by atoms with Gasteiger partial charge in [-0.05, 0) is 12.0 Å². The number of hydrogen-bond acceptors (Lipinski definition) is 1. The Balaban J connectivity index is 3.79. The molecule has 0 aliphatic rings. The Bertz CT molecular complexity index is 132. The molecular formula is C9H17N. The molecule has 10 heavy (non-hydrogen) atoms. The van der Waals surface area contributed by atoms with Gasteiger partial charge in [0.25, 0.3) is 0 Å². The third-order valence-corrected chi connectivity index (χ3v) is 1.25. The number of allylic oxidation sites excluding steroid dienone is 2. The van der Waals surface area contributed by atoms with Crippen LogP contribution in [0.3, 0.4) is 0 Å². The van der Waals surface area contributed by atoms with Gasteiger partial charge in [-0.3, -0.25) is 0 Å². The van der Waals surface area contributed by atoms with Crippen molar-refractivity contribution >= 4 is 0 Å². The van der Waals surface area contributed by atoms with E-state index >= 15 is 0 Å². The first-order valence-corrected chi connectivity index (χ1v) is 3.58. The van der Waals surface area contributed by atoms with Gasteiger partial charge in [-0.1, -0.05) is 26.5 Å². The van der Waals surface area contributed by atoms with Crippen molar-refractivity contribution in [3.8, 4) is 0 Å². The molecule has 0 saturated carbocycles. The van der Waals surface area contributed by atoms with Crippen molar-refractivity contribution in [2.24, 2.45) is 5.92 Å². The summed E-state index contributed by atoms with van der Waals surface area (Å²) in [6.07, 6.45) is 4.19. The van der Waals surface area contributed by atoms with Gasteiger partial charge in [0.15, 0.2) is 0 Å². The van der Waals surface area contributed by atoms with E-state index in [0.29, 0.717) is 5.92 Å². The molecule has 1 heteroatoms. The fourth-order valence-electron chi connectivity index (χ4n) is 0.453. The van der Waals surface area contributed by atoms with E-state index in [1.54, 1.807) is 0 Å². The summed E-state index contributed by atoms with van der Waals surface area (Å²) in [6.45, 7) is 8.17. The smallest absolute Gasteiger partial charge is 0.0284 e. The predicted molar refractivity (Wildman–Crippen MR) is 46.8 cm³/mol. The van der Waals surface area contributed by atoms with Crippen LogP contribution in [-0.4, -0.2) is 19.0 Å². The Kier molecular flexibility index (Phi) is 3.85. The van der Waals surface area contributed by atoms with Crippen molar-refractivity contribution in [2.45, 2.75) is 13.8 Å². The standard InChI is InChI=1S/C9H17N/c1-8(2)6-7-9(3)10(4)5/h6-8H,3H2,1-2,4-5H3. The molecule has 1 nitrogen and oxygen atoms in total. The summed E-state index contributed by atoms with van der Waals surface area (Å²) >= 11 is 0. The number of likely N-dealkylation sites (N-methyl/N-ethyl adjacent to an activating group) is 1. The summed E-state index contributed by atoms with van der Waals surface area (Å²) in [5, 5.41) is 0. The van der Waals surface area contributed by atoms with Crippen molar-refractivity contribution in [1.82, 2.24) is 4.90 Å². The van der Waals surface area contributed by atoms with Crippen LogP contribution < -0.4 is 0 Å². The zero-order valence-electron chi connectivity index (χ0n) is 7.39. The molecule has 0 N–H and O–H groups in total. The van der Waals surface area contributed by atoms with Gasteiger partial charge in [0.2, 0.25) is 0 Å². The van der Waals surface area contributed by atoms with E-state index in [9.17, 15) is 0 Å². The second kappa shape index (κ2) is 4.15. The van der Waals surface area contributed by atoms with Crippen LogP contribution in [0.1, 0.15) is 13.8 Å². The van der Waals surface area contributed by atoms with Crippen LogP contribution in [0.5, 0.6) is 0 Å². The molecule has 0 heterocycles. The van der Waals surface area contributed by atoms with Crippen molar-refractivity contribution in [3.63, 3.8) is 0 Å². The van der Waals surface area contributed by atoms with Gasteiger partial charge in [0.1, 0.15) is 0 Å². The number of hydrogen-bond donors (Lipinski definition) is 0. The molecule has 0 aliphatic heterocycles. The van der Waals surface area contributed by atoms with Crippen LogP contribution in [0, 0.1) is 5.92 Å². The maximum atomic E-state index is 3.87. The van der Waals surface area contributed by atoms with E-state index in [4.69, 9.17) is 0 Å². The second-order valence-electron chi connectivity index (χ2n) is 2.99. The SMILES string of the molecule is C=C(C=CC(C)C)N(C)C. The highest BCUT2D eigenvalue weighted by atomic mass is 15.1. The molecule has 0 atom stereocenters. The summed E-state index contributed by atoms with van der Waals surface area (Å²) in [7, 11) is 3.99. The first kappa shape index (κ1) is 9.28. The zero-order valence-corrected chi connectivity index (χ0v) is 7.39. The maximum absolute atomic E-state index is 3.87. The number of rotatable bonds is 3. The molecule has 0 aromatic carbocycles. The fourth-order valence-corrected chi connectivity index (χ4v) is 0.453. The van der Waals surface area contributed by atoms with Gasteiger partial charge >= 0.3 is 0 Å². The summed E-state index contributed by atoms with van der Waals surface area (Å²) in [4.78, 5) is 2.00. The zero-order chi connectivity index (χ0) is 8.15. The molecule has 0 rings (SSSR count). The van der Waals surface area contributed by atoms with Crippen LogP contribution in [0.4, 0.5) is 0 Å². The molecule has 0 aliphatic carbocycles. The maximum Gasteiger partial charge on any atom is 0.0284 e. The molecule has 0 unspecified atom stereocenters. The largest absolute Gasteiger partial charge is 0.378 e. The van der Waals surface area contributed by atoms with E-state index < -0.39 is 0 Å². The van der Waals surface area contributed by atoms with E-state index in [2.05, 4.69) is 26.5 Å². The van der Waals surface area contributed by atoms with Gasteiger partial charge in [-0.25, -0.2) is 0 Å². The minimum absolute atomic E-state index is 0.608. The first-order valence-electron chi connectivity index (χ1n) is 3.58. The van der Waals surface area contributed by atoms with Crippen molar-refractivity contribution in [1.29, 1.82) is 0 Å². The lowest BCUT2D eigenvalue weighted by molar-refractivity contribution is 0.531. The van der Waals surface area contributed by atoms with Crippen molar-refractivity contribution in [2.75, 3.05) is 14.1 Å². The highest BCUT2D eigenvalue weighted by molar-refractivity contribution is 5.12. The van der Waals surface area contributed by atoms with Gasteiger partial charge in [0.05, 0.1) is 0 Å². The fraction of sp³-hybridized carbons (Fsp3) is 0.556. The molecule has 0 aromatic heterocycles. The van der Waals surface area contributed by atoms with E-state index in [-0.39, 0.29) is 0 Å². The number of nitrogens with zero attached hydrogens (tertiary/aromatic N) is 1. The average molecular weight is 139 g/mol. The van der Waals surface area contributed by atoms with Crippen molar-refractivity contribution in [3.05, 3.63) is 24.4 Å². The minimum Gasteiger partial charge on any atom is -0.378 e. The lowest BCUT2D eigenvalue weighted by Gasteiger charge is -2.11. The van der Waals surface area contributed by atoms with Crippen LogP contribution in [-0.2, 0) is 0 Å². The summed E-state index contributed by atoms with van der Waals surface area (Å²) in [5.74, 6) is 0.608. The van der Waals surface area contributed by atoms with E-state index in [1.807, 2.05) is 25.1 Å². The summed E-state index contributed by atoms with van der Waals surface area (Å²) < 4.78 is 0. The molecule has 58 valence electrons. The van der Waals surface area contributed by atoms with Gasteiger partial charge in [-0.15, -0.1) is 0 Å². The Morgan fingerprint density at radius 1 is 1.40 bits per heavy atom. The average Bonchev–Trinajstić information content (AvgIpc) is 1.82. The molecule has 0 spiro atoms. The minimum atomic E-state index is 0.608. The molecule has 0 saturated heterocycles. The van der Waals surface area contributed by atoms with Crippen LogP contribution in [0.2, 0.25) is 0 Å². The molecule has 0 aromatic rings. The topological polar surface area (TPSA) is 3.24 Å². The van der Waals surface area contributed by atoms with Crippen molar-refractivity contribution < 1.29 is 0 Å². The van der Waals surface area contributed by atoms with Crippen LogP contribution >= 0.6 is 0 Å². The lowest BCUT2D eigenvalue weighted by Crippen LogP contribution is -2.07. The van der Waals surface area contributed by atoms with Gasteiger partial charge < -0.3 is 4.90 Å².